The van der Waals surface area contributed by atoms with Gasteiger partial charge in [0.05, 0.1) is 0 Å². The van der Waals surface area contributed by atoms with Gasteiger partial charge < -0.3 is 10.6 Å². The Kier molecular flexibility index (Phi) is 3.90. The predicted molar refractivity (Wildman–Crippen MR) is 76.5 cm³/mol. The van der Waals surface area contributed by atoms with E-state index in [9.17, 15) is 26.7 Å². The Morgan fingerprint density at radius 2 is 1.92 bits per heavy atom. The monoisotopic (exact) mass is 344 g/mol. The molecule has 0 spiro atoms. The Morgan fingerprint density at radius 3 is 2.46 bits per heavy atom. The molecule has 1 atom stereocenters. The Morgan fingerprint density at radius 1 is 1.21 bits per heavy atom. The molecule has 1 unspecified atom stereocenters. The summed E-state index contributed by atoms with van der Waals surface area (Å²) < 4.78 is 68.3. The molecule has 1 aliphatic carbocycles. The zero-order chi connectivity index (χ0) is 17.5. The van der Waals surface area contributed by atoms with Crippen molar-refractivity contribution < 1.29 is 26.7 Å². The first-order valence-corrected chi connectivity index (χ1v) is 7.28. The van der Waals surface area contributed by atoms with E-state index in [4.69, 9.17) is 0 Å². The molecule has 2 N–H and O–H groups in total. The summed E-state index contributed by atoms with van der Waals surface area (Å²) in [5.74, 6) is 4.44. The van der Waals surface area contributed by atoms with Gasteiger partial charge in [0.1, 0.15) is 13.3 Å². The molecule has 1 fully saturated rings. The van der Waals surface area contributed by atoms with Gasteiger partial charge in [0.25, 0.3) is 0 Å². The third-order valence-corrected chi connectivity index (χ3v) is 4.08. The van der Waals surface area contributed by atoms with Crippen LogP contribution in [0.15, 0.2) is 12.1 Å². The number of rotatable bonds is 2. The maximum Gasteiger partial charge on any atom is 0.427 e. The average Bonchev–Trinajstić information content (AvgIpc) is 3.34. The summed E-state index contributed by atoms with van der Waals surface area (Å²) in [6.45, 7) is -2.42. The third-order valence-electron chi connectivity index (χ3n) is 4.08. The van der Waals surface area contributed by atoms with Crippen LogP contribution in [0.25, 0.3) is 0 Å². The van der Waals surface area contributed by atoms with Crippen molar-refractivity contribution in [3.8, 4) is 11.8 Å². The zero-order valence-corrected chi connectivity index (χ0v) is 12.4. The first-order valence-electron chi connectivity index (χ1n) is 7.28. The molecule has 24 heavy (non-hydrogen) atoms. The molecule has 8 heteroatoms. The minimum Gasteiger partial charge on any atom is -0.310 e. The van der Waals surface area contributed by atoms with Gasteiger partial charge in [-0.05, 0) is 30.0 Å². The molecule has 1 aromatic carbocycles. The van der Waals surface area contributed by atoms with Gasteiger partial charge >= 0.3 is 12.2 Å². The average molecular weight is 344 g/mol. The van der Waals surface area contributed by atoms with Crippen LogP contribution in [-0.4, -0.2) is 12.2 Å². The second-order valence-electron chi connectivity index (χ2n) is 5.76. The molecule has 1 heterocycles. The van der Waals surface area contributed by atoms with Crippen LogP contribution in [-0.2, 0) is 18.9 Å². The number of halogens is 5. The van der Waals surface area contributed by atoms with E-state index in [0.29, 0.717) is 12.8 Å². The zero-order valence-electron chi connectivity index (χ0n) is 12.4. The number of alkyl halides is 5. The molecule has 2 aliphatic rings. The summed E-state index contributed by atoms with van der Waals surface area (Å²) in [5.41, 5.74) is -4.48. The van der Waals surface area contributed by atoms with Crippen LogP contribution in [0.2, 0.25) is 0 Å². The SMILES string of the molecule is O=C1Nc2ccc(CF)c(CF)c2C(C#CC2CC2)(C(F)(F)F)N1. The number of fused-ring (bicyclic) bond motifs is 1. The van der Waals surface area contributed by atoms with Crippen molar-refractivity contribution in [2.75, 3.05) is 5.32 Å². The highest BCUT2D eigenvalue weighted by Gasteiger charge is 2.60. The lowest BCUT2D eigenvalue weighted by molar-refractivity contribution is -0.178. The summed E-state index contributed by atoms with van der Waals surface area (Å²) >= 11 is 0. The second-order valence-corrected chi connectivity index (χ2v) is 5.76. The molecule has 0 saturated heterocycles. The van der Waals surface area contributed by atoms with Crippen LogP contribution < -0.4 is 10.6 Å². The predicted octanol–water partition coefficient (Wildman–Crippen LogP) is 3.93. The number of nitrogens with one attached hydrogen (secondary N) is 2. The molecule has 128 valence electrons. The minimum absolute atomic E-state index is 0.169. The van der Waals surface area contributed by atoms with Gasteiger partial charge in [0, 0.05) is 17.2 Å². The molecule has 2 amide bonds. The number of hydrogen-bond acceptors (Lipinski definition) is 1. The molecule has 3 rings (SSSR count). The van der Waals surface area contributed by atoms with Crippen molar-refractivity contribution in [3.05, 3.63) is 28.8 Å². The van der Waals surface area contributed by atoms with Crippen LogP contribution in [0.3, 0.4) is 0 Å². The van der Waals surface area contributed by atoms with Gasteiger partial charge in [-0.3, -0.25) is 0 Å². The fourth-order valence-electron chi connectivity index (χ4n) is 2.70. The van der Waals surface area contributed by atoms with Crippen LogP contribution in [0.1, 0.15) is 29.5 Å². The first kappa shape index (κ1) is 16.6. The van der Waals surface area contributed by atoms with Crippen molar-refractivity contribution in [2.24, 2.45) is 5.92 Å². The van der Waals surface area contributed by atoms with Crippen LogP contribution in [0.5, 0.6) is 0 Å². The highest BCUT2D eigenvalue weighted by molar-refractivity contribution is 5.95. The largest absolute Gasteiger partial charge is 0.427 e. The van der Waals surface area contributed by atoms with E-state index in [1.54, 1.807) is 5.32 Å². The number of urea groups is 1. The van der Waals surface area contributed by atoms with Gasteiger partial charge in [-0.1, -0.05) is 17.9 Å². The summed E-state index contributed by atoms with van der Waals surface area (Å²) in [5, 5.41) is 4.01. The number of amides is 2. The molecular weight excluding hydrogens is 331 g/mol. The summed E-state index contributed by atoms with van der Waals surface area (Å²) in [6, 6.07) is 1.21. The van der Waals surface area contributed by atoms with Crippen molar-refractivity contribution in [2.45, 2.75) is 37.9 Å². The lowest BCUT2D eigenvalue weighted by Gasteiger charge is -2.38. The summed E-state index contributed by atoms with van der Waals surface area (Å²) in [4.78, 5) is 11.7. The van der Waals surface area contributed by atoms with Gasteiger partial charge in [-0.2, -0.15) is 13.2 Å². The molecule has 0 aromatic heterocycles. The Balaban J connectivity index is 2.31. The third kappa shape index (κ3) is 2.58. The van der Waals surface area contributed by atoms with Gasteiger partial charge in [-0.25, -0.2) is 13.6 Å². The van der Waals surface area contributed by atoms with E-state index in [1.807, 2.05) is 0 Å². The first-order chi connectivity index (χ1) is 11.3. The van der Waals surface area contributed by atoms with E-state index in [2.05, 4.69) is 17.2 Å². The molecule has 0 radical (unpaired) electrons. The fraction of sp³-hybridized carbons (Fsp3) is 0.438. The van der Waals surface area contributed by atoms with Crippen molar-refractivity contribution in [3.63, 3.8) is 0 Å². The summed E-state index contributed by atoms with van der Waals surface area (Å²) in [6.07, 6.45) is -3.64. The lowest BCUT2D eigenvalue weighted by atomic mass is 9.81. The maximum atomic E-state index is 13.9. The molecule has 1 aromatic rings. The smallest absolute Gasteiger partial charge is 0.310 e. The minimum atomic E-state index is -5.00. The number of benzene rings is 1. The summed E-state index contributed by atoms with van der Waals surface area (Å²) in [7, 11) is 0. The standard InChI is InChI=1S/C16H13F5N2O/c17-7-10-3-4-12-13(11(10)8-18)15(16(19,20)21,23-14(24)22-12)6-5-9-1-2-9/h3-4,9H,1-2,7-8H2,(H2,22,23,24). The molecule has 1 aliphatic heterocycles. The Bertz CT molecular complexity index is 745. The lowest BCUT2D eigenvalue weighted by Crippen LogP contribution is -2.59. The van der Waals surface area contributed by atoms with Gasteiger partial charge in [0.15, 0.2) is 0 Å². The van der Waals surface area contributed by atoms with Gasteiger partial charge in [-0.15, -0.1) is 0 Å². The quantitative estimate of drug-likeness (QED) is 0.619. The topological polar surface area (TPSA) is 41.1 Å². The van der Waals surface area contributed by atoms with Crippen molar-refractivity contribution in [1.82, 2.24) is 5.32 Å². The normalized spacial score (nSPS) is 22.8. The number of hydrogen-bond donors (Lipinski definition) is 2. The Labute approximate surface area is 134 Å². The van der Waals surface area contributed by atoms with Crippen LogP contribution in [0, 0.1) is 17.8 Å². The van der Waals surface area contributed by atoms with Gasteiger partial charge in [0.2, 0.25) is 5.54 Å². The number of carbonyl (C=O) groups is 1. The number of carbonyl (C=O) groups excluding carboxylic acids is 1. The fourth-order valence-corrected chi connectivity index (χ4v) is 2.70. The van der Waals surface area contributed by atoms with E-state index in [-0.39, 0.29) is 17.2 Å². The molecular formula is C16H13F5N2O. The van der Waals surface area contributed by atoms with Crippen LogP contribution in [0.4, 0.5) is 32.4 Å². The van der Waals surface area contributed by atoms with E-state index >= 15 is 0 Å². The highest BCUT2D eigenvalue weighted by atomic mass is 19.4. The second kappa shape index (κ2) is 5.65. The Hall–Kier alpha value is -2.30. The van der Waals surface area contributed by atoms with Crippen LogP contribution >= 0.6 is 0 Å². The maximum absolute atomic E-state index is 13.9. The molecule has 3 nitrogen and oxygen atoms in total. The van der Waals surface area contributed by atoms with E-state index in [0.717, 1.165) is 12.1 Å². The van der Waals surface area contributed by atoms with Crippen molar-refractivity contribution >= 4 is 11.7 Å². The van der Waals surface area contributed by atoms with Crippen molar-refractivity contribution in [1.29, 1.82) is 0 Å². The van der Waals surface area contributed by atoms with E-state index < -0.39 is 42.2 Å². The highest BCUT2D eigenvalue weighted by Crippen LogP contribution is 2.46. The van der Waals surface area contributed by atoms with E-state index in [1.165, 1.54) is 0 Å². The molecule has 1 saturated carbocycles. The number of anilines is 1. The molecule has 0 bridgehead atoms.